The van der Waals surface area contributed by atoms with Gasteiger partial charge in [-0.05, 0) is 23.3 Å². The van der Waals surface area contributed by atoms with E-state index in [-0.39, 0.29) is 17.1 Å². The molecule has 34 heavy (non-hydrogen) atoms. The van der Waals surface area contributed by atoms with Crippen molar-refractivity contribution in [1.29, 1.82) is 15.8 Å². The molecule has 3 aromatic carbocycles. The van der Waals surface area contributed by atoms with Gasteiger partial charge in [0.25, 0.3) is 0 Å². The minimum atomic E-state index is -2.00. The van der Waals surface area contributed by atoms with Crippen LogP contribution in [0.15, 0.2) is 96.2 Å². The molecule has 5 rings (SSSR count). The Labute approximate surface area is 196 Å². The third-order valence-corrected chi connectivity index (χ3v) is 6.80. The number of ether oxygens (including phenoxy) is 1. The quantitative estimate of drug-likeness (QED) is 0.629. The number of nitrogens with zero attached hydrogens (tertiary/aromatic N) is 3. The van der Waals surface area contributed by atoms with Crippen molar-refractivity contribution in [2.75, 3.05) is 0 Å². The summed E-state index contributed by atoms with van der Waals surface area (Å²) in [6.07, 6.45) is 0. The Morgan fingerprint density at radius 2 is 1.35 bits per heavy atom. The Morgan fingerprint density at radius 1 is 0.794 bits per heavy atom. The standard InChI is InChI=1S/C28H18N4O2/c29-15-21-23(18-9-3-1-4-10-18)28(26(33)20-13-7-8-14-22(20)34-28)24(19-11-5-2-6-12-19)27(16-30,17-31)25(21)32/h1-14,23-24H,32H2. The van der Waals surface area contributed by atoms with Crippen LogP contribution in [-0.4, -0.2) is 11.4 Å². The van der Waals surface area contributed by atoms with Crippen LogP contribution in [0.3, 0.4) is 0 Å². The van der Waals surface area contributed by atoms with Gasteiger partial charge in [0.15, 0.2) is 11.0 Å². The normalized spacial score (nSPS) is 24.4. The maximum Gasteiger partial charge on any atom is 0.211 e. The van der Waals surface area contributed by atoms with Crippen molar-refractivity contribution in [2.45, 2.75) is 17.4 Å². The SMILES string of the molecule is N#CC1=C(N)C(C#N)(C#N)C(c2ccccc2)C2(Oc3ccccc3C2=O)C1c1ccccc1. The molecular formula is C28H18N4O2. The Kier molecular flexibility index (Phi) is 4.71. The minimum absolute atomic E-state index is 0.0114. The first-order chi connectivity index (χ1) is 16.5. The molecule has 2 N–H and O–H groups in total. The number of allylic oxidation sites excluding steroid dienone is 1. The number of hydrogen-bond donors (Lipinski definition) is 1. The van der Waals surface area contributed by atoms with Gasteiger partial charge in [-0.2, -0.15) is 15.8 Å². The van der Waals surface area contributed by atoms with Crippen molar-refractivity contribution in [1.82, 2.24) is 0 Å². The van der Waals surface area contributed by atoms with Crippen LogP contribution in [0.25, 0.3) is 0 Å². The number of carbonyl (C=O) groups excluding carboxylic acids is 1. The Morgan fingerprint density at radius 3 is 1.91 bits per heavy atom. The summed E-state index contributed by atoms with van der Waals surface area (Å²) in [5.41, 5.74) is 4.07. The van der Waals surface area contributed by atoms with E-state index in [0.717, 1.165) is 0 Å². The molecule has 3 aromatic rings. The number of carbonyl (C=O) groups is 1. The Bertz CT molecular complexity index is 1440. The van der Waals surface area contributed by atoms with E-state index in [1.807, 2.05) is 6.07 Å². The highest BCUT2D eigenvalue weighted by molar-refractivity contribution is 6.10. The van der Waals surface area contributed by atoms with Crippen LogP contribution >= 0.6 is 0 Å². The van der Waals surface area contributed by atoms with Crippen LogP contribution < -0.4 is 10.5 Å². The molecule has 0 bridgehead atoms. The van der Waals surface area contributed by atoms with E-state index in [0.29, 0.717) is 22.4 Å². The molecule has 2 aliphatic rings. The number of ketones is 1. The number of nitrogens with two attached hydrogens (primary N) is 1. The first-order valence-corrected chi connectivity index (χ1v) is 10.7. The van der Waals surface area contributed by atoms with E-state index in [1.54, 1.807) is 78.9 Å². The highest BCUT2D eigenvalue weighted by Crippen LogP contribution is 2.62. The summed E-state index contributed by atoms with van der Waals surface area (Å²) in [7, 11) is 0. The second-order valence-corrected chi connectivity index (χ2v) is 8.38. The van der Waals surface area contributed by atoms with E-state index in [1.165, 1.54) is 0 Å². The van der Waals surface area contributed by atoms with Gasteiger partial charge in [0.2, 0.25) is 5.78 Å². The molecule has 6 heteroatoms. The number of fused-ring (bicyclic) bond motifs is 1. The Balaban J connectivity index is 1.96. The lowest BCUT2D eigenvalue weighted by molar-refractivity contribution is 0.0176. The molecule has 162 valence electrons. The van der Waals surface area contributed by atoms with Gasteiger partial charge in [0, 0.05) is 0 Å². The van der Waals surface area contributed by atoms with Gasteiger partial charge in [-0.15, -0.1) is 0 Å². The van der Waals surface area contributed by atoms with Gasteiger partial charge in [-0.3, -0.25) is 4.79 Å². The number of benzene rings is 3. The zero-order valence-electron chi connectivity index (χ0n) is 18.0. The predicted molar refractivity (Wildman–Crippen MR) is 123 cm³/mol. The van der Waals surface area contributed by atoms with Gasteiger partial charge in [-0.25, -0.2) is 0 Å². The molecule has 0 saturated heterocycles. The van der Waals surface area contributed by atoms with Gasteiger partial charge < -0.3 is 10.5 Å². The van der Waals surface area contributed by atoms with E-state index in [9.17, 15) is 20.6 Å². The van der Waals surface area contributed by atoms with E-state index in [4.69, 9.17) is 10.5 Å². The number of hydrogen-bond acceptors (Lipinski definition) is 6. The molecule has 1 aliphatic heterocycles. The lowest BCUT2D eigenvalue weighted by Gasteiger charge is -2.49. The zero-order chi connectivity index (χ0) is 23.9. The van der Waals surface area contributed by atoms with Crippen LogP contribution in [-0.2, 0) is 0 Å². The molecule has 0 radical (unpaired) electrons. The molecular weight excluding hydrogens is 424 g/mol. The van der Waals surface area contributed by atoms with Crippen LogP contribution in [0.1, 0.15) is 33.3 Å². The van der Waals surface area contributed by atoms with Crippen molar-refractivity contribution in [3.8, 4) is 24.0 Å². The molecule has 3 unspecified atom stereocenters. The molecule has 1 heterocycles. The first-order valence-electron chi connectivity index (χ1n) is 10.7. The molecule has 3 atom stereocenters. The summed E-state index contributed by atoms with van der Waals surface area (Å²) in [4.78, 5) is 14.3. The van der Waals surface area contributed by atoms with Crippen molar-refractivity contribution < 1.29 is 9.53 Å². The number of rotatable bonds is 2. The smallest absolute Gasteiger partial charge is 0.211 e. The number of nitriles is 3. The zero-order valence-corrected chi connectivity index (χ0v) is 18.0. The third-order valence-electron chi connectivity index (χ3n) is 6.80. The van der Waals surface area contributed by atoms with E-state index >= 15 is 0 Å². The molecule has 6 nitrogen and oxygen atoms in total. The molecule has 0 fully saturated rings. The monoisotopic (exact) mass is 442 g/mol. The van der Waals surface area contributed by atoms with Crippen LogP contribution in [0.5, 0.6) is 5.75 Å². The maximum atomic E-state index is 14.3. The second-order valence-electron chi connectivity index (χ2n) is 8.38. The molecule has 0 aromatic heterocycles. The van der Waals surface area contributed by atoms with Crippen molar-refractivity contribution >= 4 is 5.78 Å². The van der Waals surface area contributed by atoms with Crippen LogP contribution in [0, 0.1) is 39.4 Å². The van der Waals surface area contributed by atoms with Gasteiger partial charge in [-0.1, -0.05) is 72.8 Å². The summed E-state index contributed by atoms with van der Waals surface area (Å²) in [5.74, 6) is -2.07. The minimum Gasteiger partial charge on any atom is -0.477 e. The summed E-state index contributed by atoms with van der Waals surface area (Å²) in [5, 5.41) is 31.0. The van der Waals surface area contributed by atoms with Gasteiger partial charge in [0.05, 0.1) is 46.9 Å². The summed E-state index contributed by atoms with van der Waals surface area (Å²) in [6.45, 7) is 0. The fourth-order valence-corrected chi connectivity index (χ4v) is 5.39. The highest BCUT2D eigenvalue weighted by Gasteiger charge is 2.70. The molecule has 0 amide bonds. The summed E-state index contributed by atoms with van der Waals surface area (Å²) < 4.78 is 6.53. The van der Waals surface area contributed by atoms with Crippen LogP contribution in [0.2, 0.25) is 0 Å². The van der Waals surface area contributed by atoms with Gasteiger partial charge in [0.1, 0.15) is 5.75 Å². The second kappa shape index (κ2) is 7.62. The molecule has 1 spiro atoms. The largest absolute Gasteiger partial charge is 0.477 e. The van der Waals surface area contributed by atoms with Crippen molar-refractivity contribution in [2.24, 2.45) is 11.1 Å². The predicted octanol–water partition coefficient (Wildman–Crippen LogP) is 4.35. The lowest BCUT2D eigenvalue weighted by Crippen LogP contribution is -2.60. The average Bonchev–Trinajstić information content (AvgIpc) is 3.18. The first kappa shape index (κ1) is 21.0. The van der Waals surface area contributed by atoms with Crippen molar-refractivity contribution in [3.05, 3.63) is 113 Å². The number of Topliss-reactive ketones (excluding diaryl/α,β-unsaturated/α-hetero) is 1. The Hall–Kier alpha value is -4.86. The fourth-order valence-electron chi connectivity index (χ4n) is 5.39. The number of para-hydroxylation sites is 1. The van der Waals surface area contributed by atoms with Crippen LogP contribution in [0.4, 0.5) is 0 Å². The average molecular weight is 442 g/mol. The molecule has 0 saturated carbocycles. The topological polar surface area (TPSA) is 124 Å². The van der Waals surface area contributed by atoms with E-state index < -0.39 is 22.9 Å². The maximum absolute atomic E-state index is 14.3. The molecule has 1 aliphatic carbocycles. The van der Waals surface area contributed by atoms with E-state index in [2.05, 4.69) is 18.2 Å². The lowest BCUT2D eigenvalue weighted by atomic mass is 9.52. The van der Waals surface area contributed by atoms with Gasteiger partial charge >= 0.3 is 0 Å². The fraction of sp³-hybridized carbons (Fsp3) is 0.143. The van der Waals surface area contributed by atoms with Crippen molar-refractivity contribution in [3.63, 3.8) is 0 Å². The highest BCUT2D eigenvalue weighted by atomic mass is 16.5. The summed E-state index contributed by atoms with van der Waals surface area (Å²) in [6, 6.07) is 31.0. The third kappa shape index (κ3) is 2.56. The summed E-state index contributed by atoms with van der Waals surface area (Å²) >= 11 is 0.